The normalized spacial score (nSPS) is 16.9. The van der Waals surface area contributed by atoms with E-state index < -0.39 is 9.84 Å². The van der Waals surface area contributed by atoms with Gasteiger partial charge in [0.1, 0.15) is 10.8 Å². The van der Waals surface area contributed by atoms with Crippen molar-refractivity contribution < 1.29 is 8.42 Å². The average Bonchev–Trinajstić information content (AvgIpc) is 2.86. The van der Waals surface area contributed by atoms with Crippen molar-refractivity contribution in [3.05, 3.63) is 15.6 Å². The number of aromatic nitrogens is 1. The van der Waals surface area contributed by atoms with E-state index in [0.717, 1.165) is 10.6 Å². The van der Waals surface area contributed by atoms with E-state index in [2.05, 4.69) is 17.6 Å². The first-order chi connectivity index (χ1) is 6.99. The Balaban J connectivity index is 2.26. The molecule has 1 heterocycles. The van der Waals surface area contributed by atoms with Crippen molar-refractivity contribution in [2.45, 2.75) is 30.3 Å². The number of rotatable bonds is 4. The van der Waals surface area contributed by atoms with Gasteiger partial charge in [-0.1, -0.05) is 0 Å². The van der Waals surface area contributed by atoms with E-state index in [4.69, 9.17) is 0 Å². The Labute approximate surface area is 99.3 Å². The lowest BCUT2D eigenvalue weighted by atomic mass is 10.3. The molecule has 0 radical (unpaired) electrons. The van der Waals surface area contributed by atoms with Crippen molar-refractivity contribution in [3.8, 4) is 0 Å². The first-order valence-corrected chi connectivity index (χ1v) is 8.27. The molecule has 1 aliphatic rings. The number of sulfone groups is 1. The molecule has 15 heavy (non-hydrogen) atoms. The Morgan fingerprint density at radius 1 is 1.53 bits per heavy atom. The number of nitrogens with zero attached hydrogens (tertiary/aromatic N) is 1. The smallest absolute Gasteiger partial charge is 0.153 e. The molecule has 0 spiro atoms. The highest BCUT2D eigenvalue weighted by Gasteiger charge is 2.29. The molecule has 1 saturated carbocycles. The van der Waals surface area contributed by atoms with Gasteiger partial charge < -0.3 is 0 Å². The molecule has 0 aromatic carbocycles. The number of hydrogen-bond acceptors (Lipinski definition) is 5. The van der Waals surface area contributed by atoms with Crippen LogP contribution in [0, 0.1) is 0 Å². The molecule has 1 aromatic rings. The van der Waals surface area contributed by atoms with E-state index in [1.54, 1.807) is 0 Å². The van der Waals surface area contributed by atoms with Gasteiger partial charge in [-0.05, 0) is 12.8 Å². The van der Waals surface area contributed by atoms with Crippen LogP contribution in [0.4, 0.5) is 0 Å². The maximum absolute atomic E-state index is 11.1. The minimum atomic E-state index is -2.97. The van der Waals surface area contributed by atoms with Crippen LogP contribution in [0.5, 0.6) is 0 Å². The summed E-state index contributed by atoms with van der Waals surface area (Å²) in [7, 11) is -2.97. The molecule has 1 aliphatic carbocycles. The SMILES string of the molecule is CS(=O)(=O)Cc1nc(C2CC2)c(CS)s1. The second kappa shape index (κ2) is 4.07. The third-order valence-electron chi connectivity index (χ3n) is 2.27. The fraction of sp³-hybridized carbons (Fsp3) is 0.667. The summed E-state index contributed by atoms with van der Waals surface area (Å²) in [6.07, 6.45) is 3.61. The van der Waals surface area contributed by atoms with Crippen molar-refractivity contribution in [1.82, 2.24) is 4.98 Å². The predicted molar refractivity (Wildman–Crippen MR) is 65.3 cm³/mol. The van der Waals surface area contributed by atoms with Gasteiger partial charge >= 0.3 is 0 Å². The molecule has 1 fully saturated rings. The number of thiol groups is 1. The molecule has 2 rings (SSSR count). The second-order valence-corrected chi connectivity index (χ2v) is 7.54. The fourth-order valence-electron chi connectivity index (χ4n) is 1.49. The summed E-state index contributed by atoms with van der Waals surface area (Å²) in [5.74, 6) is 1.29. The van der Waals surface area contributed by atoms with E-state index in [0.29, 0.717) is 16.7 Å². The van der Waals surface area contributed by atoms with Crippen LogP contribution in [-0.2, 0) is 21.3 Å². The second-order valence-electron chi connectivity index (χ2n) is 3.92. The molecule has 0 saturated heterocycles. The van der Waals surface area contributed by atoms with Crippen molar-refractivity contribution >= 4 is 33.8 Å². The van der Waals surface area contributed by atoms with Crippen molar-refractivity contribution in [1.29, 1.82) is 0 Å². The minimum Gasteiger partial charge on any atom is -0.245 e. The Bertz CT molecular complexity index is 460. The summed E-state index contributed by atoms with van der Waals surface area (Å²) in [4.78, 5) is 5.56. The van der Waals surface area contributed by atoms with Crippen molar-refractivity contribution in [2.24, 2.45) is 0 Å². The fourth-order valence-corrected chi connectivity index (χ4v) is 4.05. The largest absolute Gasteiger partial charge is 0.245 e. The van der Waals surface area contributed by atoms with Crippen LogP contribution in [-0.4, -0.2) is 19.7 Å². The van der Waals surface area contributed by atoms with Crippen LogP contribution in [0.25, 0.3) is 0 Å². The van der Waals surface area contributed by atoms with Gasteiger partial charge in [0.2, 0.25) is 0 Å². The summed E-state index contributed by atoms with van der Waals surface area (Å²) < 4.78 is 22.3. The maximum atomic E-state index is 11.1. The van der Waals surface area contributed by atoms with E-state index in [-0.39, 0.29) is 5.75 Å². The third kappa shape index (κ3) is 2.95. The lowest BCUT2D eigenvalue weighted by Crippen LogP contribution is -2.00. The van der Waals surface area contributed by atoms with Gasteiger partial charge in [-0.2, -0.15) is 12.6 Å². The molecule has 6 heteroatoms. The summed E-state index contributed by atoms with van der Waals surface area (Å²) >= 11 is 5.74. The summed E-state index contributed by atoms with van der Waals surface area (Å²) in [5, 5.41) is 0.712. The maximum Gasteiger partial charge on any atom is 0.153 e. The van der Waals surface area contributed by atoms with E-state index in [1.165, 1.54) is 30.4 Å². The molecule has 0 bridgehead atoms. The average molecular weight is 263 g/mol. The van der Waals surface area contributed by atoms with Gasteiger partial charge in [0, 0.05) is 22.8 Å². The topological polar surface area (TPSA) is 47.0 Å². The molecule has 1 aromatic heterocycles. The van der Waals surface area contributed by atoms with Gasteiger partial charge in [-0.15, -0.1) is 11.3 Å². The Morgan fingerprint density at radius 3 is 2.67 bits per heavy atom. The molecule has 0 amide bonds. The van der Waals surface area contributed by atoms with E-state index >= 15 is 0 Å². The molecule has 3 nitrogen and oxygen atoms in total. The molecule has 0 atom stereocenters. The van der Waals surface area contributed by atoms with Crippen LogP contribution in [0.2, 0.25) is 0 Å². The monoisotopic (exact) mass is 263 g/mol. The lowest BCUT2D eigenvalue weighted by molar-refractivity contribution is 0.601. The highest BCUT2D eigenvalue weighted by Crippen LogP contribution is 2.43. The first-order valence-electron chi connectivity index (χ1n) is 4.76. The first kappa shape index (κ1) is 11.4. The Morgan fingerprint density at radius 2 is 2.20 bits per heavy atom. The molecule has 0 unspecified atom stereocenters. The van der Waals surface area contributed by atoms with Crippen LogP contribution in [0.1, 0.15) is 34.3 Å². The summed E-state index contributed by atoms with van der Waals surface area (Å²) in [5.41, 5.74) is 1.09. The molecule has 84 valence electrons. The molecular formula is C9H13NO2S3. The van der Waals surface area contributed by atoms with Gasteiger partial charge in [0.05, 0.1) is 5.69 Å². The van der Waals surface area contributed by atoms with Gasteiger partial charge in [0.15, 0.2) is 9.84 Å². The standard InChI is InChI=1S/C9H13NO2S3/c1-15(11,12)5-8-10-9(6-2-3-6)7(4-13)14-8/h6,13H,2-5H2,1H3. The van der Waals surface area contributed by atoms with Gasteiger partial charge in [0.25, 0.3) is 0 Å². The molecule has 0 aliphatic heterocycles. The van der Waals surface area contributed by atoms with Crippen LogP contribution < -0.4 is 0 Å². The van der Waals surface area contributed by atoms with E-state index in [9.17, 15) is 8.42 Å². The minimum absolute atomic E-state index is 0.0607. The van der Waals surface area contributed by atoms with Gasteiger partial charge in [-0.3, -0.25) is 0 Å². The van der Waals surface area contributed by atoms with E-state index in [1.807, 2.05) is 0 Å². The van der Waals surface area contributed by atoms with Gasteiger partial charge in [-0.25, -0.2) is 13.4 Å². The van der Waals surface area contributed by atoms with Crippen LogP contribution >= 0.6 is 24.0 Å². The van der Waals surface area contributed by atoms with Crippen molar-refractivity contribution in [2.75, 3.05) is 6.26 Å². The van der Waals surface area contributed by atoms with Crippen LogP contribution in [0.15, 0.2) is 0 Å². The molecule has 0 N–H and O–H groups in total. The zero-order chi connectivity index (χ0) is 11.1. The Kier molecular flexibility index (Phi) is 3.10. The summed E-state index contributed by atoms with van der Waals surface area (Å²) in [6, 6.07) is 0. The Hall–Kier alpha value is -0.0700. The highest BCUT2D eigenvalue weighted by atomic mass is 32.2. The lowest BCUT2D eigenvalue weighted by Gasteiger charge is -1.93. The number of hydrogen-bond donors (Lipinski definition) is 1. The molecular weight excluding hydrogens is 250 g/mol. The zero-order valence-electron chi connectivity index (χ0n) is 8.43. The van der Waals surface area contributed by atoms with Crippen LogP contribution in [0.3, 0.4) is 0 Å². The predicted octanol–water partition coefficient (Wildman–Crippen LogP) is 1.99. The number of thiazole rings is 1. The zero-order valence-corrected chi connectivity index (χ0v) is 11.0. The van der Waals surface area contributed by atoms with Crippen molar-refractivity contribution in [3.63, 3.8) is 0 Å². The third-order valence-corrected chi connectivity index (χ3v) is 4.85. The highest BCUT2D eigenvalue weighted by molar-refractivity contribution is 7.90. The summed E-state index contributed by atoms with van der Waals surface area (Å²) in [6.45, 7) is 0. The quantitative estimate of drug-likeness (QED) is 0.845.